The van der Waals surface area contributed by atoms with Gasteiger partial charge >= 0.3 is 11.9 Å². The number of nitrogens with two attached hydrogens (primary N) is 1. The fraction of sp³-hybridized carbons (Fsp3) is 0.688. The predicted molar refractivity (Wildman–Crippen MR) is 103 cm³/mol. The van der Waals surface area contributed by atoms with Crippen molar-refractivity contribution in [2.24, 2.45) is 11.7 Å². The molecule has 0 heterocycles. The number of nitrogens with one attached hydrogen (secondary N) is 3. The van der Waals surface area contributed by atoms with Crippen LogP contribution in [0.1, 0.15) is 33.1 Å². The molecule has 0 aromatic rings. The smallest absolute Gasteiger partial charge is 0.327 e. The minimum Gasteiger partial charge on any atom is -0.481 e. The molecule has 4 unspecified atom stereocenters. The van der Waals surface area contributed by atoms with Crippen LogP contribution in [0, 0.1) is 5.92 Å². The third-order valence-corrected chi connectivity index (χ3v) is 4.44. The summed E-state index contributed by atoms with van der Waals surface area (Å²) in [6, 6.07) is -3.52. The number of carboxylic acids is 2. The maximum absolute atomic E-state index is 12.6. The average Bonchev–Trinajstić information content (AvgIpc) is 2.65. The third kappa shape index (κ3) is 9.04. The predicted octanol–water partition coefficient (Wildman–Crippen LogP) is -1.68. The minimum atomic E-state index is -1.27. The van der Waals surface area contributed by atoms with E-state index in [0.717, 1.165) is 0 Å². The van der Waals surface area contributed by atoms with E-state index in [1.165, 1.54) is 0 Å². The molecule has 4 atom stereocenters. The molecule has 0 aromatic heterocycles. The number of hydrogen-bond donors (Lipinski definition) is 7. The molecule has 0 aliphatic heterocycles. The Morgan fingerprint density at radius 2 is 1.61 bits per heavy atom. The number of hydrogen-bond acceptors (Lipinski definition) is 7. The van der Waals surface area contributed by atoms with E-state index in [-0.39, 0.29) is 24.5 Å². The highest BCUT2D eigenvalue weighted by atomic mass is 32.1. The quantitative estimate of drug-likeness (QED) is 0.172. The Morgan fingerprint density at radius 1 is 1.00 bits per heavy atom. The second kappa shape index (κ2) is 12.9. The molecule has 0 aromatic carbocycles. The highest BCUT2D eigenvalue weighted by molar-refractivity contribution is 7.80. The molecule has 0 aliphatic rings. The lowest BCUT2D eigenvalue weighted by atomic mass is 9.97. The molecular weight excluding hydrogens is 392 g/mol. The molecule has 0 spiro atoms. The maximum Gasteiger partial charge on any atom is 0.327 e. The van der Waals surface area contributed by atoms with Crippen LogP contribution >= 0.6 is 12.6 Å². The minimum absolute atomic E-state index is 0.143. The van der Waals surface area contributed by atoms with Gasteiger partial charge in [-0.2, -0.15) is 12.6 Å². The van der Waals surface area contributed by atoms with Crippen LogP contribution < -0.4 is 21.7 Å². The summed E-state index contributed by atoms with van der Waals surface area (Å²) in [4.78, 5) is 58.5. The van der Waals surface area contributed by atoms with Crippen molar-refractivity contribution in [2.45, 2.75) is 51.2 Å². The average molecular weight is 420 g/mol. The molecular formula is C16H28N4O7S. The lowest BCUT2D eigenvalue weighted by Gasteiger charge is -2.27. The molecule has 7 N–H and O–H groups in total. The van der Waals surface area contributed by atoms with Crippen LogP contribution in [-0.4, -0.2) is 70.3 Å². The summed E-state index contributed by atoms with van der Waals surface area (Å²) in [6.45, 7) is 3.07. The fourth-order valence-electron chi connectivity index (χ4n) is 2.19. The summed E-state index contributed by atoms with van der Waals surface area (Å²) in [5, 5.41) is 25.0. The van der Waals surface area contributed by atoms with Crippen LogP contribution in [-0.2, 0) is 24.0 Å². The highest BCUT2D eigenvalue weighted by Gasteiger charge is 2.31. The van der Waals surface area contributed by atoms with Crippen molar-refractivity contribution in [1.82, 2.24) is 16.0 Å². The maximum atomic E-state index is 12.6. The van der Waals surface area contributed by atoms with Crippen LogP contribution in [0.3, 0.4) is 0 Å². The topological polar surface area (TPSA) is 188 Å². The van der Waals surface area contributed by atoms with Gasteiger partial charge in [0.15, 0.2) is 0 Å². The molecule has 11 nitrogen and oxygen atoms in total. The molecule has 0 fully saturated rings. The zero-order valence-electron chi connectivity index (χ0n) is 15.8. The van der Waals surface area contributed by atoms with Gasteiger partial charge in [-0.25, -0.2) is 4.79 Å². The van der Waals surface area contributed by atoms with Gasteiger partial charge in [-0.05, 0) is 12.3 Å². The van der Waals surface area contributed by atoms with Crippen molar-refractivity contribution in [2.75, 3.05) is 12.3 Å². The van der Waals surface area contributed by atoms with Gasteiger partial charge in [0.05, 0.1) is 6.54 Å². The first-order chi connectivity index (χ1) is 13.1. The first kappa shape index (κ1) is 25.7. The van der Waals surface area contributed by atoms with E-state index in [4.69, 9.17) is 15.9 Å². The van der Waals surface area contributed by atoms with Crippen molar-refractivity contribution in [3.8, 4) is 0 Å². The molecule has 28 heavy (non-hydrogen) atoms. The monoisotopic (exact) mass is 420 g/mol. The number of carbonyl (C=O) groups is 5. The first-order valence-corrected chi connectivity index (χ1v) is 9.36. The summed E-state index contributed by atoms with van der Waals surface area (Å²) in [7, 11) is 0. The van der Waals surface area contributed by atoms with Gasteiger partial charge in [-0.3, -0.25) is 19.2 Å². The van der Waals surface area contributed by atoms with E-state index in [2.05, 4.69) is 28.6 Å². The van der Waals surface area contributed by atoms with Crippen molar-refractivity contribution in [3.63, 3.8) is 0 Å². The van der Waals surface area contributed by atoms with Gasteiger partial charge in [0.1, 0.15) is 18.1 Å². The normalized spacial score (nSPS) is 14.9. The van der Waals surface area contributed by atoms with E-state index in [9.17, 15) is 24.0 Å². The molecule has 0 saturated carbocycles. The molecule has 0 saturated heterocycles. The SMILES string of the molecule is CCC(C)C(NC(=O)C(CCC(=O)O)NC(=O)CN)C(=O)NC(CS)C(=O)O. The van der Waals surface area contributed by atoms with Crippen LogP contribution in [0.15, 0.2) is 0 Å². The van der Waals surface area contributed by atoms with Gasteiger partial charge in [-0.15, -0.1) is 0 Å². The van der Waals surface area contributed by atoms with Gasteiger partial charge in [0, 0.05) is 12.2 Å². The van der Waals surface area contributed by atoms with Gasteiger partial charge in [0.2, 0.25) is 17.7 Å². The van der Waals surface area contributed by atoms with Crippen LogP contribution in [0.25, 0.3) is 0 Å². The largest absolute Gasteiger partial charge is 0.481 e. The second-order valence-electron chi connectivity index (χ2n) is 6.21. The summed E-state index contributed by atoms with van der Waals surface area (Å²) in [5.41, 5.74) is 5.21. The summed E-state index contributed by atoms with van der Waals surface area (Å²) >= 11 is 3.87. The van der Waals surface area contributed by atoms with Crippen LogP contribution in [0.2, 0.25) is 0 Å². The Kier molecular flexibility index (Phi) is 11.9. The van der Waals surface area contributed by atoms with Gasteiger partial charge in [-0.1, -0.05) is 20.3 Å². The van der Waals surface area contributed by atoms with E-state index in [1.807, 2.05) is 0 Å². The Morgan fingerprint density at radius 3 is 2.04 bits per heavy atom. The zero-order chi connectivity index (χ0) is 21.9. The third-order valence-electron chi connectivity index (χ3n) is 4.07. The molecule has 0 aliphatic carbocycles. The van der Waals surface area contributed by atoms with E-state index in [0.29, 0.717) is 6.42 Å². The lowest BCUT2D eigenvalue weighted by molar-refractivity contribution is -0.142. The molecule has 0 radical (unpaired) electrons. The van der Waals surface area contributed by atoms with E-state index < -0.39 is 54.3 Å². The number of rotatable bonds is 13. The summed E-state index contributed by atoms with van der Waals surface area (Å²) in [5.74, 6) is -5.07. The Balaban J connectivity index is 5.35. The summed E-state index contributed by atoms with van der Waals surface area (Å²) in [6.07, 6.45) is -0.0913. The van der Waals surface area contributed by atoms with Gasteiger partial charge in [0.25, 0.3) is 0 Å². The number of amides is 3. The standard InChI is InChI=1S/C16H28N4O7S/c1-3-8(2)13(15(25)19-10(7-28)16(26)27)20-14(24)9(4-5-12(22)23)18-11(21)6-17/h8-10,13,28H,3-7,17H2,1-2H3,(H,18,21)(H,19,25)(H,20,24)(H,22,23)(H,26,27). The number of carboxylic acid groups (broad SMARTS) is 2. The number of aliphatic carboxylic acids is 2. The zero-order valence-corrected chi connectivity index (χ0v) is 16.7. The molecule has 12 heteroatoms. The second-order valence-corrected chi connectivity index (χ2v) is 6.58. The fourth-order valence-corrected chi connectivity index (χ4v) is 2.44. The van der Waals surface area contributed by atoms with Crippen LogP contribution in [0.5, 0.6) is 0 Å². The Bertz CT molecular complexity index is 587. The Labute approximate surface area is 168 Å². The number of carbonyl (C=O) groups excluding carboxylic acids is 3. The first-order valence-electron chi connectivity index (χ1n) is 8.72. The Hall–Kier alpha value is -2.34. The summed E-state index contributed by atoms with van der Waals surface area (Å²) < 4.78 is 0. The molecule has 0 bridgehead atoms. The van der Waals surface area contributed by atoms with E-state index in [1.54, 1.807) is 13.8 Å². The van der Waals surface area contributed by atoms with Gasteiger partial charge < -0.3 is 31.9 Å². The van der Waals surface area contributed by atoms with Crippen molar-refractivity contribution >= 4 is 42.3 Å². The van der Waals surface area contributed by atoms with Crippen LogP contribution in [0.4, 0.5) is 0 Å². The van der Waals surface area contributed by atoms with Crippen molar-refractivity contribution in [3.05, 3.63) is 0 Å². The van der Waals surface area contributed by atoms with E-state index >= 15 is 0 Å². The molecule has 0 rings (SSSR count). The number of thiol groups is 1. The lowest BCUT2D eigenvalue weighted by Crippen LogP contribution is -2.58. The highest BCUT2D eigenvalue weighted by Crippen LogP contribution is 2.10. The molecule has 160 valence electrons. The van der Waals surface area contributed by atoms with Crippen molar-refractivity contribution in [1.29, 1.82) is 0 Å². The molecule has 3 amide bonds. The van der Waals surface area contributed by atoms with Crippen molar-refractivity contribution < 1.29 is 34.2 Å².